The number of Topliss-reactive ketones (excluding diaryl/α,β-unsaturated/α-hetero) is 1. The van der Waals surface area contributed by atoms with E-state index in [0.29, 0.717) is 11.1 Å². The van der Waals surface area contributed by atoms with E-state index in [9.17, 15) is 9.59 Å². The molecule has 2 N–H and O–H groups in total. The van der Waals surface area contributed by atoms with Crippen LogP contribution >= 0.6 is 0 Å². The standard InChI is InChI=1S/C10H7NO2.Cu/c11-8-5-9(12)6-3-1-2-4-7(6)10(8)13;/h1-5H,11H2;. The number of rotatable bonds is 0. The number of carbonyl (C=O) groups excluding carboxylic acids is 2. The van der Waals surface area contributed by atoms with Crippen LogP contribution in [0.4, 0.5) is 0 Å². The van der Waals surface area contributed by atoms with Crippen LogP contribution in [0.15, 0.2) is 36.0 Å². The maximum atomic E-state index is 11.4. The molecule has 0 spiro atoms. The van der Waals surface area contributed by atoms with Crippen molar-refractivity contribution in [1.82, 2.24) is 0 Å². The van der Waals surface area contributed by atoms with Crippen LogP contribution in [0.25, 0.3) is 0 Å². The van der Waals surface area contributed by atoms with Crippen molar-refractivity contribution < 1.29 is 26.7 Å². The second-order valence-corrected chi connectivity index (χ2v) is 2.84. The van der Waals surface area contributed by atoms with E-state index in [4.69, 9.17) is 5.73 Å². The van der Waals surface area contributed by atoms with Gasteiger partial charge in [-0.15, -0.1) is 0 Å². The molecule has 0 unspecified atom stereocenters. The van der Waals surface area contributed by atoms with Crippen LogP contribution in [0.2, 0.25) is 0 Å². The average molecular weight is 237 g/mol. The Bertz CT molecular complexity index is 438. The third-order valence-electron chi connectivity index (χ3n) is 1.99. The maximum Gasteiger partial charge on any atom is 0.209 e. The molecule has 0 saturated heterocycles. The van der Waals surface area contributed by atoms with Crippen molar-refractivity contribution in [2.24, 2.45) is 5.73 Å². The summed E-state index contributed by atoms with van der Waals surface area (Å²) in [5, 5.41) is 0. The SMILES string of the molecule is NC1=CC(=O)c2ccccc2C1=O.[Cu]. The summed E-state index contributed by atoms with van der Waals surface area (Å²) in [7, 11) is 0. The summed E-state index contributed by atoms with van der Waals surface area (Å²) < 4.78 is 0. The van der Waals surface area contributed by atoms with Gasteiger partial charge in [0.05, 0.1) is 5.70 Å². The number of hydrogen-bond donors (Lipinski definition) is 1. The first-order valence-electron chi connectivity index (χ1n) is 3.85. The van der Waals surface area contributed by atoms with Crippen molar-refractivity contribution in [3.05, 3.63) is 47.2 Å². The molecule has 4 heteroatoms. The van der Waals surface area contributed by atoms with Gasteiger partial charge in [0.2, 0.25) is 5.78 Å². The summed E-state index contributed by atoms with van der Waals surface area (Å²) >= 11 is 0. The third kappa shape index (κ3) is 1.50. The summed E-state index contributed by atoms with van der Waals surface area (Å²) in [6, 6.07) is 6.66. The van der Waals surface area contributed by atoms with E-state index in [1.54, 1.807) is 24.3 Å². The van der Waals surface area contributed by atoms with Crippen LogP contribution in [0.1, 0.15) is 20.7 Å². The Kier molecular flexibility index (Phi) is 2.89. The molecular formula is C10H7CuNO2. The van der Waals surface area contributed by atoms with Crippen LogP contribution in [0.5, 0.6) is 0 Å². The summed E-state index contributed by atoms with van der Waals surface area (Å²) in [5.74, 6) is -0.470. The summed E-state index contributed by atoms with van der Waals surface area (Å²) in [6.07, 6.45) is 1.17. The first kappa shape index (κ1) is 10.7. The molecule has 0 bridgehead atoms. The Hall–Kier alpha value is -1.38. The molecular weight excluding hydrogens is 230 g/mol. The number of fused-ring (bicyclic) bond motifs is 1. The number of allylic oxidation sites excluding steroid dienone is 2. The average Bonchev–Trinajstić information content (AvgIpc) is 2.15. The molecule has 0 atom stereocenters. The topological polar surface area (TPSA) is 60.2 Å². The van der Waals surface area contributed by atoms with Gasteiger partial charge in [0.15, 0.2) is 5.78 Å². The van der Waals surface area contributed by atoms with Crippen LogP contribution in [-0.4, -0.2) is 11.6 Å². The van der Waals surface area contributed by atoms with Gasteiger partial charge in [0.25, 0.3) is 0 Å². The van der Waals surface area contributed by atoms with Crippen LogP contribution in [-0.2, 0) is 17.1 Å². The van der Waals surface area contributed by atoms with Gasteiger partial charge >= 0.3 is 0 Å². The zero-order valence-corrected chi connectivity index (χ0v) is 8.02. The number of nitrogens with two attached hydrogens (primary N) is 1. The summed E-state index contributed by atoms with van der Waals surface area (Å²) in [5.41, 5.74) is 6.22. The Morgan fingerprint density at radius 2 is 1.57 bits per heavy atom. The Labute approximate surface area is 91.5 Å². The molecule has 2 rings (SSSR count). The van der Waals surface area contributed by atoms with Gasteiger partial charge in [0, 0.05) is 34.3 Å². The Morgan fingerprint density at radius 3 is 2.21 bits per heavy atom. The molecule has 0 aromatic heterocycles. The number of benzene rings is 1. The molecule has 0 heterocycles. The fourth-order valence-corrected chi connectivity index (χ4v) is 1.34. The molecule has 0 amide bonds. The van der Waals surface area contributed by atoms with E-state index in [2.05, 4.69) is 0 Å². The molecule has 3 nitrogen and oxygen atoms in total. The van der Waals surface area contributed by atoms with Gasteiger partial charge in [-0.1, -0.05) is 24.3 Å². The molecule has 0 fully saturated rings. The van der Waals surface area contributed by atoms with E-state index < -0.39 is 0 Å². The molecule has 1 aliphatic rings. The number of ketones is 2. The van der Waals surface area contributed by atoms with Crippen LogP contribution in [0, 0.1) is 0 Å². The van der Waals surface area contributed by atoms with Crippen molar-refractivity contribution >= 4 is 11.6 Å². The predicted octanol–water partition coefficient (Wildman–Crippen LogP) is 0.906. The van der Waals surface area contributed by atoms with Gasteiger partial charge in [-0.3, -0.25) is 9.59 Å². The fraction of sp³-hybridized carbons (Fsp3) is 0. The smallest absolute Gasteiger partial charge is 0.209 e. The zero-order valence-electron chi connectivity index (χ0n) is 7.08. The second-order valence-electron chi connectivity index (χ2n) is 2.84. The minimum atomic E-state index is -0.268. The predicted molar refractivity (Wildman–Crippen MR) is 47.4 cm³/mol. The largest absolute Gasteiger partial charge is 0.395 e. The first-order chi connectivity index (χ1) is 6.20. The Morgan fingerprint density at radius 1 is 1.00 bits per heavy atom. The van der Waals surface area contributed by atoms with Crippen molar-refractivity contribution in [1.29, 1.82) is 0 Å². The van der Waals surface area contributed by atoms with Crippen molar-refractivity contribution in [2.45, 2.75) is 0 Å². The molecule has 0 saturated carbocycles. The second kappa shape index (κ2) is 3.78. The van der Waals surface area contributed by atoms with Crippen LogP contribution in [0.3, 0.4) is 0 Å². The molecule has 1 aromatic carbocycles. The minimum Gasteiger partial charge on any atom is -0.395 e. The van der Waals surface area contributed by atoms with Gasteiger partial charge in [-0.2, -0.15) is 0 Å². The summed E-state index contributed by atoms with van der Waals surface area (Å²) in [6.45, 7) is 0. The van der Waals surface area contributed by atoms with Gasteiger partial charge in [0.1, 0.15) is 0 Å². The van der Waals surface area contributed by atoms with E-state index >= 15 is 0 Å². The minimum absolute atomic E-state index is 0. The summed E-state index contributed by atoms with van der Waals surface area (Å²) in [4.78, 5) is 22.7. The van der Waals surface area contributed by atoms with Crippen molar-refractivity contribution in [3.63, 3.8) is 0 Å². The third-order valence-corrected chi connectivity index (χ3v) is 1.99. The van der Waals surface area contributed by atoms with Gasteiger partial charge in [-0.25, -0.2) is 0 Å². The monoisotopic (exact) mass is 236 g/mol. The Balaban J connectivity index is 0.000000980. The van der Waals surface area contributed by atoms with Crippen molar-refractivity contribution in [2.75, 3.05) is 0 Å². The maximum absolute atomic E-state index is 11.4. The first-order valence-corrected chi connectivity index (χ1v) is 3.85. The molecule has 1 radical (unpaired) electrons. The van der Waals surface area contributed by atoms with E-state index in [0.717, 1.165) is 0 Å². The molecule has 0 aliphatic heterocycles. The van der Waals surface area contributed by atoms with E-state index in [1.807, 2.05) is 0 Å². The number of hydrogen-bond acceptors (Lipinski definition) is 3. The normalized spacial score (nSPS) is 14.1. The quantitative estimate of drug-likeness (QED) is 0.681. The fourth-order valence-electron chi connectivity index (χ4n) is 1.34. The number of carbonyl (C=O) groups is 2. The molecule has 1 aromatic rings. The van der Waals surface area contributed by atoms with Gasteiger partial charge < -0.3 is 5.73 Å². The van der Waals surface area contributed by atoms with E-state index in [-0.39, 0.29) is 34.3 Å². The van der Waals surface area contributed by atoms with Crippen molar-refractivity contribution in [3.8, 4) is 0 Å². The van der Waals surface area contributed by atoms with Crippen LogP contribution < -0.4 is 5.73 Å². The molecule has 14 heavy (non-hydrogen) atoms. The van der Waals surface area contributed by atoms with Gasteiger partial charge in [-0.05, 0) is 0 Å². The van der Waals surface area contributed by atoms with E-state index in [1.165, 1.54) is 6.08 Å². The molecule has 75 valence electrons. The molecule has 1 aliphatic carbocycles. The zero-order chi connectivity index (χ0) is 9.42.